The highest BCUT2D eigenvalue weighted by atomic mass is 35.5. The molecule has 3 aromatic carbocycles. The molecule has 1 aliphatic rings. The van der Waals surface area contributed by atoms with E-state index in [4.69, 9.17) is 4.74 Å². The standard InChI is InChI=1S/C30H35N3O3.ClH/c1-4-5-6-10-17-33(3)20-24-18-23(13-15-26(24)22-11-8-7-9-12-22)30(35)31-25-14-16-28-27(19-25)32-29(34)21(2)36-28;/h7-9,11-16,18-19,21H,4-6,10,17,20H2,1-3H3,(H,31,35)(H,32,34);1H. The number of hydrogen-bond acceptors (Lipinski definition) is 4. The normalized spacial score (nSPS) is 14.3. The molecule has 1 heterocycles. The van der Waals surface area contributed by atoms with Crippen LogP contribution in [-0.4, -0.2) is 36.4 Å². The number of nitrogens with one attached hydrogen (secondary N) is 2. The van der Waals surface area contributed by atoms with Crippen LogP contribution >= 0.6 is 12.4 Å². The van der Waals surface area contributed by atoms with Crippen molar-refractivity contribution in [3.8, 4) is 16.9 Å². The van der Waals surface area contributed by atoms with Gasteiger partial charge in [0.15, 0.2) is 6.10 Å². The summed E-state index contributed by atoms with van der Waals surface area (Å²) in [5.74, 6) is 0.195. The van der Waals surface area contributed by atoms with E-state index in [0.29, 0.717) is 22.7 Å². The van der Waals surface area contributed by atoms with Crippen LogP contribution in [0.1, 0.15) is 55.5 Å². The highest BCUT2D eigenvalue weighted by Crippen LogP contribution is 2.32. The van der Waals surface area contributed by atoms with Crippen LogP contribution in [0, 0.1) is 0 Å². The Kier molecular flexibility index (Phi) is 10.1. The van der Waals surface area contributed by atoms with Crippen molar-refractivity contribution in [3.63, 3.8) is 0 Å². The van der Waals surface area contributed by atoms with Crippen LogP contribution in [0.15, 0.2) is 66.7 Å². The maximum absolute atomic E-state index is 13.2. The van der Waals surface area contributed by atoms with Crippen LogP contribution in [0.2, 0.25) is 0 Å². The summed E-state index contributed by atoms with van der Waals surface area (Å²) in [6.45, 7) is 5.71. The van der Waals surface area contributed by atoms with E-state index in [-0.39, 0.29) is 24.2 Å². The molecular weight excluding hydrogens is 486 g/mol. The highest BCUT2D eigenvalue weighted by molar-refractivity contribution is 6.05. The Balaban J connectivity index is 0.00000380. The van der Waals surface area contributed by atoms with Crippen molar-refractivity contribution >= 4 is 35.6 Å². The number of carbonyl (C=O) groups is 2. The van der Waals surface area contributed by atoms with Crippen LogP contribution < -0.4 is 15.4 Å². The first kappa shape index (κ1) is 28.2. The SMILES string of the molecule is CCCCCCN(C)Cc1cc(C(=O)Nc2ccc3c(c2)NC(=O)C(C)O3)ccc1-c1ccccc1.Cl. The van der Waals surface area contributed by atoms with Crippen molar-refractivity contribution in [3.05, 3.63) is 77.9 Å². The monoisotopic (exact) mass is 521 g/mol. The molecule has 4 rings (SSSR count). The molecule has 0 radical (unpaired) electrons. The Hall–Kier alpha value is -3.35. The minimum atomic E-state index is -0.538. The molecule has 2 amide bonds. The first-order valence-electron chi connectivity index (χ1n) is 12.7. The number of carbonyl (C=O) groups excluding carboxylic acids is 2. The van der Waals surface area contributed by atoms with E-state index in [0.717, 1.165) is 29.8 Å². The number of nitrogens with zero attached hydrogens (tertiary/aromatic N) is 1. The van der Waals surface area contributed by atoms with E-state index in [1.165, 1.54) is 25.7 Å². The van der Waals surface area contributed by atoms with Crippen molar-refractivity contribution in [1.29, 1.82) is 0 Å². The molecule has 0 saturated heterocycles. The molecule has 1 unspecified atom stereocenters. The summed E-state index contributed by atoms with van der Waals surface area (Å²) in [6.07, 6.45) is 4.35. The zero-order chi connectivity index (χ0) is 25.5. The lowest BCUT2D eigenvalue weighted by atomic mass is 9.96. The molecule has 0 aromatic heterocycles. The Morgan fingerprint density at radius 1 is 1.03 bits per heavy atom. The van der Waals surface area contributed by atoms with Crippen molar-refractivity contribution < 1.29 is 14.3 Å². The molecule has 0 bridgehead atoms. The van der Waals surface area contributed by atoms with Gasteiger partial charge in [0, 0.05) is 17.8 Å². The number of hydrogen-bond donors (Lipinski definition) is 2. The maximum atomic E-state index is 13.2. The molecule has 196 valence electrons. The lowest BCUT2D eigenvalue weighted by molar-refractivity contribution is -0.122. The van der Waals surface area contributed by atoms with Crippen LogP contribution in [0.4, 0.5) is 11.4 Å². The molecule has 2 N–H and O–H groups in total. The lowest BCUT2D eigenvalue weighted by Gasteiger charge is -2.23. The smallest absolute Gasteiger partial charge is 0.265 e. The summed E-state index contributed by atoms with van der Waals surface area (Å²) >= 11 is 0. The summed E-state index contributed by atoms with van der Waals surface area (Å²) < 4.78 is 5.61. The number of unbranched alkanes of at least 4 members (excludes halogenated alkanes) is 3. The van der Waals surface area contributed by atoms with E-state index in [1.54, 1.807) is 25.1 Å². The first-order valence-corrected chi connectivity index (χ1v) is 12.7. The lowest BCUT2D eigenvalue weighted by Crippen LogP contribution is -2.34. The van der Waals surface area contributed by atoms with Crippen LogP contribution in [0.25, 0.3) is 11.1 Å². The summed E-state index contributed by atoms with van der Waals surface area (Å²) in [7, 11) is 2.14. The largest absolute Gasteiger partial charge is 0.479 e. The number of halogens is 1. The van der Waals surface area contributed by atoms with E-state index >= 15 is 0 Å². The van der Waals surface area contributed by atoms with Gasteiger partial charge in [0.2, 0.25) is 0 Å². The molecule has 0 spiro atoms. The highest BCUT2D eigenvalue weighted by Gasteiger charge is 2.24. The second-order valence-corrected chi connectivity index (χ2v) is 9.45. The molecule has 7 heteroatoms. The van der Waals surface area contributed by atoms with Crippen molar-refractivity contribution in [2.75, 3.05) is 24.2 Å². The van der Waals surface area contributed by atoms with Gasteiger partial charge in [0.25, 0.3) is 11.8 Å². The predicted molar refractivity (Wildman–Crippen MR) is 153 cm³/mol. The van der Waals surface area contributed by atoms with Crippen LogP contribution in [-0.2, 0) is 11.3 Å². The van der Waals surface area contributed by atoms with Gasteiger partial charge < -0.3 is 20.3 Å². The van der Waals surface area contributed by atoms with E-state index in [2.05, 4.69) is 41.6 Å². The van der Waals surface area contributed by atoms with Gasteiger partial charge >= 0.3 is 0 Å². The minimum Gasteiger partial charge on any atom is -0.479 e. The van der Waals surface area contributed by atoms with Gasteiger partial charge in [-0.05, 0) is 74.0 Å². The molecule has 1 atom stereocenters. The zero-order valence-corrected chi connectivity index (χ0v) is 22.6. The average Bonchev–Trinajstić information content (AvgIpc) is 2.88. The fourth-order valence-electron chi connectivity index (χ4n) is 4.43. The van der Waals surface area contributed by atoms with Gasteiger partial charge in [0.05, 0.1) is 5.69 Å². The number of amides is 2. The van der Waals surface area contributed by atoms with Crippen LogP contribution in [0.3, 0.4) is 0 Å². The van der Waals surface area contributed by atoms with Gasteiger partial charge in [-0.15, -0.1) is 12.4 Å². The number of rotatable bonds is 10. The quantitative estimate of drug-likeness (QED) is 0.289. The Morgan fingerprint density at radius 3 is 2.57 bits per heavy atom. The predicted octanol–water partition coefficient (Wildman–Crippen LogP) is 6.76. The van der Waals surface area contributed by atoms with Crippen LogP contribution in [0.5, 0.6) is 5.75 Å². The molecule has 1 aliphatic heterocycles. The van der Waals surface area contributed by atoms with Crippen molar-refractivity contribution in [2.45, 2.75) is 52.2 Å². The van der Waals surface area contributed by atoms with Crippen molar-refractivity contribution in [2.24, 2.45) is 0 Å². The van der Waals surface area contributed by atoms with Gasteiger partial charge in [-0.1, -0.05) is 62.6 Å². The summed E-state index contributed by atoms with van der Waals surface area (Å²) in [5, 5.41) is 5.79. The van der Waals surface area contributed by atoms with Gasteiger partial charge in [-0.25, -0.2) is 0 Å². The van der Waals surface area contributed by atoms with E-state index < -0.39 is 6.10 Å². The molecular formula is C30H36ClN3O3. The molecule has 37 heavy (non-hydrogen) atoms. The number of anilines is 2. The Bertz CT molecular complexity index is 1220. The van der Waals surface area contributed by atoms with E-state index in [9.17, 15) is 9.59 Å². The summed E-state index contributed by atoms with van der Waals surface area (Å²) in [6, 6.07) is 21.4. The van der Waals surface area contributed by atoms with Crippen molar-refractivity contribution in [1.82, 2.24) is 4.90 Å². The topological polar surface area (TPSA) is 70.7 Å². The number of fused-ring (bicyclic) bond motifs is 1. The molecule has 6 nitrogen and oxygen atoms in total. The second-order valence-electron chi connectivity index (χ2n) is 9.45. The molecule has 0 saturated carbocycles. The third-order valence-corrected chi connectivity index (χ3v) is 6.45. The molecule has 3 aromatic rings. The molecule has 0 fully saturated rings. The van der Waals surface area contributed by atoms with Gasteiger partial charge in [0.1, 0.15) is 5.75 Å². The Labute approximate surface area is 225 Å². The first-order chi connectivity index (χ1) is 17.4. The molecule has 0 aliphatic carbocycles. The Morgan fingerprint density at radius 2 is 1.81 bits per heavy atom. The summed E-state index contributed by atoms with van der Waals surface area (Å²) in [5.41, 5.74) is 5.14. The third kappa shape index (κ3) is 7.34. The average molecular weight is 522 g/mol. The second kappa shape index (κ2) is 13.3. The van der Waals surface area contributed by atoms with E-state index in [1.807, 2.05) is 36.4 Å². The van der Waals surface area contributed by atoms with Gasteiger partial charge in [-0.2, -0.15) is 0 Å². The number of benzene rings is 3. The van der Waals surface area contributed by atoms with Gasteiger partial charge in [-0.3, -0.25) is 9.59 Å². The fraction of sp³-hybridized carbons (Fsp3) is 0.333. The fourth-order valence-corrected chi connectivity index (χ4v) is 4.43. The third-order valence-electron chi connectivity index (χ3n) is 6.45. The minimum absolute atomic E-state index is 0. The summed E-state index contributed by atoms with van der Waals surface area (Å²) in [4.78, 5) is 27.5. The zero-order valence-electron chi connectivity index (χ0n) is 21.8. The maximum Gasteiger partial charge on any atom is 0.265 e. The number of ether oxygens (including phenoxy) is 1.